The number of aromatic nitrogens is 2. The highest BCUT2D eigenvalue weighted by Gasteiger charge is 2.26. The minimum absolute atomic E-state index is 0.0757. The largest absolute Gasteiger partial charge is 0.352 e. The van der Waals surface area contributed by atoms with Crippen molar-refractivity contribution in [3.05, 3.63) is 68.9 Å². The molecule has 0 saturated heterocycles. The first-order chi connectivity index (χ1) is 14.9. The normalized spacial score (nSPS) is 13.4. The fraction of sp³-hybridized carbons (Fsp3) is 0.348. The van der Waals surface area contributed by atoms with E-state index in [1.165, 1.54) is 11.6 Å². The average Bonchev–Trinajstić information content (AvgIpc) is 3.19. The molecule has 31 heavy (non-hydrogen) atoms. The summed E-state index contributed by atoms with van der Waals surface area (Å²) in [7, 11) is 3.10. The zero-order chi connectivity index (χ0) is 22.5. The van der Waals surface area contributed by atoms with Crippen molar-refractivity contribution < 1.29 is 4.79 Å². The third-order valence-corrected chi connectivity index (χ3v) is 5.39. The van der Waals surface area contributed by atoms with Crippen LogP contribution < -0.4 is 26.8 Å². The number of allylic oxidation sites excluding steroid dienone is 4. The van der Waals surface area contributed by atoms with Crippen molar-refractivity contribution in [3.8, 4) is 0 Å². The summed E-state index contributed by atoms with van der Waals surface area (Å²) in [5.41, 5.74) is 2.75. The Hall–Kier alpha value is -3.55. The van der Waals surface area contributed by atoms with Crippen molar-refractivity contribution in [2.24, 2.45) is 14.1 Å². The van der Waals surface area contributed by atoms with Gasteiger partial charge in [-0.25, -0.2) is 4.79 Å². The third-order valence-electron chi connectivity index (χ3n) is 5.39. The van der Waals surface area contributed by atoms with Gasteiger partial charge in [-0.05, 0) is 43.5 Å². The van der Waals surface area contributed by atoms with Crippen LogP contribution in [-0.2, 0) is 18.9 Å². The number of carbonyl (C=O) groups excluding carboxylic acids is 1. The van der Waals surface area contributed by atoms with Crippen LogP contribution in [0.15, 0.2) is 52.1 Å². The quantitative estimate of drug-likeness (QED) is 0.669. The number of hydrogen-bond acceptors (Lipinski definition) is 5. The molecule has 164 valence electrons. The van der Waals surface area contributed by atoms with Gasteiger partial charge in [-0.2, -0.15) is 0 Å². The molecule has 1 aromatic carbocycles. The molecule has 2 N–H and O–H groups in total. The van der Waals surface area contributed by atoms with E-state index in [-0.39, 0.29) is 17.2 Å². The number of carbonyl (C=O) groups is 1. The summed E-state index contributed by atoms with van der Waals surface area (Å²) in [5.74, 6) is 0.448. The van der Waals surface area contributed by atoms with E-state index in [1.807, 2.05) is 61.2 Å². The topological polar surface area (TPSA) is 88.4 Å². The first-order valence-corrected chi connectivity index (χ1v) is 10.4. The van der Waals surface area contributed by atoms with E-state index >= 15 is 0 Å². The van der Waals surface area contributed by atoms with Gasteiger partial charge in [-0.1, -0.05) is 30.4 Å². The molecule has 0 radical (unpaired) electrons. The molecule has 0 bridgehead atoms. The van der Waals surface area contributed by atoms with Crippen LogP contribution in [-0.4, -0.2) is 28.3 Å². The van der Waals surface area contributed by atoms with Crippen LogP contribution in [0.1, 0.15) is 32.3 Å². The van der Waals surface area contributed by atoms with E-state index in [2.05, 4.69) is 10.6 Å². The van der Waals surface area contributed by atoms with Gasteiger partial charge < -0.3 is 15.5 Å². The number of anilines is 3. The Balaban J connectivity index is 1.57. The van der Waals surface area contributed by atoms with E-state index in [4.69, 9.17) is 0 Å². The number of nitrogens with zero attached hydrogens (tertiary/aromatic N) is 3. The molecule has 0 saturated carbocycles. The van der Waals surface area contributed by atoms with Crippen molar-refractivity contribution in [2.75, 3.05) is 28.7 Å². The van der Waals surface area contributed by atoms with Crippen LogP contribution in [0.2, 0.25) is 0 Å². The number of nitrogens with one attached hydrogen (secondary N) is 2. The molecule has 1 amide bonds. The lowest BCUT2D eigenvalue weighted by Crippen LogP contribution is -2.39. The first kappa shape index (κ1) is 22.1. The molecule has 0 fully saturated rings. The van der Waals surface area contributed by atoms with Crippen LogP contribution in [0, 0.1) is 0 Å². The third kappa shape index (κ3) is 4.63. The van der Waals surface area contributed by atoms with Gasteiger partial charge in [-0.15, -0.1) is 0 Å². The van der Waals surface area contributed by atoms with E-state index in [1.54, 1.807) is 7.05 Å². The van der Waals surface area contributed by atoms with Crippen molar-refractivity contribution in [3.63, 3.8) is 0 Å². The summed E-state index contributed by atoms with van der Waals surface area (Å²) in [6.45, 7) is 4.95. The molecular weight excluding hydrogens is 394 g/mol. The van der Waals surface area contributed by atoms with Gasteiger partial charge in [-0.3, -0.25) is 18.7 Å². The fourth-order valence-electron chi connectivity index (χ4n) is 3.69. The molecule has 1 aliphatic rings. The summed E-state index contributed by atoms with van der Waals surface area (Å²) in [4.78, 5) is 38.8. The van der Waals surface area contributed by atoms with Crippen molar-refractivity contribution in [1.29, 1.82) is 0 Å². The Morgan fingerprint density at radius 2 is 1.84 bits per heavy atom. The molecule has 1 aliphatic heterocycles. The van der Waals surface area contributed by atoms with E-state index in [9.17, 15) is 14.4 Å². The summed E-state index contributed by atoms with van der Waals surface area (Å²) in [6, 6.07) is 7.76. The zero-order valence-corrected chi connectivity index (χ0v) is 18.4. The summed E-state index contributed by atoms with van der Waals surface area (Å²) in [6.07, 6.45) is 7.00. The van der Waals surface area contributed by atoms with E-state index in [0.29, 0.717) is 37.6 Å². The minimum atomic E-state index is -0.365. The fourth-order valence-corrected chi connectivity index (χ4v) is 3.69. The summed E-state index contributed by atoms with van der Waals surface area (Å²) < 4.78 is 2.53. The predicted molar refractivity (Wildman–Crippen MR) is 126 cm³/mol. The van der Waals surface area contributed by atoms with Gasteiger partial charge in [0.15, 0.2) is 0 Å². The number of fused-ring (bicyclic) bond motifs is 1. The maximum atomic E-state index is 12.5. The van der Waals surface area contributed by atoms with Gasteiger partial charge in [0.05, 0.1) is 6.67 Å². The van der Waals surface area contributed by atoms with Crippen LogP contribution >= 0.6 is 0 Å². The molecular formula is C23H29N5O3. The summed E-state index contributed by atoms with van der Waals surface area (Å²) in [5, 5.41) is 6.02. The van der Waals surface area contributed by atoms with Gasteiger partial charge in [0, 0.05) is 32.7 Å². The molecule has 8 heteroatoms. The highest BCUT2D eigenvalue weighted by molar-refractivity contribution is 5.91. The Morgan fingerprint density at radius 3 is 2.48 bits per heavy atom. The van der Waals surface area contributed by atoms with Crippen LogP contribution in [0.5, 0.6) is 0 Å². The van der Waals surface area contributed by atoms with Crippen LogP contribution in [0.3, 0.4) is 0 Å². The second-order valence-corrected chi connectivity index (χ2v) is 7.47. The van der Waals surface area contributed by atoms with Crippen molar-refractivity contribution in [2.45, 2.75) is 26.7 Å². The average molecular weight is 424 g/mol. The monoisotopic (exact) mass is 423 g/mol. The van der Waals surface area contributed by atoms with Gasteiger partial charge in [0.25, 0.3) is 5.56 Å². The molecule has 2 heterocycles. The smallest absolute Gasteiger partial charge is 0.332 e. The SMILES string of the molecule is C/C=C\C(=C/C)c1ccc(NC(=O)CCCN2CNc3c2c(=O)n(C)c(=O)n3C)cc1. The second kappa shape index (κ2) is 9.51. The predicted octanol–water partition coefficient (Wildman–Crippen LogP) is 2.67. The number of hydrogen-bond donors (Lipinski definition) is 2. The van der Waals surface area contributed by atoms with Gasteiger partial charge in [0.1, 0.15) is 11.5 Å². The molecule has 8 nitrogen and oxygen atoms in total. The van der Waals surface area contributed by atoms with Crippen LogP contribution in [0.4, 0.5) is 17.2 Å². The second-order valence-electron chi connectivity index (χ2n) is 7.47. The molecule has 2 aromatic rings. The highest BCUT2D eigenvalue weighted by atomic mass is 16.2. The van der Waals surface area contributed by atoms with E-state index < -0.39 is 0 Å². The van der Waals surface area contributed by atoms with Crippen molar-refractivity contribution >= 4 is 28.7 Å². The number of amides is 1. The van der Waals surface area contributed by atoms with Crippen LogP contribution in [0.25, 0.3) is 5.57 Å². The Labute approximate surface area is 181 Å². The molecule has 0 spiro atoms. The first-order valence-electron chi connectivity index (χ1n) is 10.4. The summed E-state index contributed by atoms with van der Waals surface area (Å²) >= 11 is 0. The minimum Gasteiger partial charge on any atom is -0.352 e. The standard InChI is InChI=1S/C23H29N5O3/c1-5-8-16(6-2)17-10-12-18(13-11-17)25-19(29)9-7-14-28-15-24-21-20(28)22(30)27(4)23(31)26(21)3/h5-6,8,10-13,24H,7,9,14-15H2,1-4H3,(H,25,29)/b8-5-,16-6+. The zero-order valence-electron chi connectivity index (χ0n) is 18.4. The number of rotatable bonds is 7. The Morgan fingerprint density at radius 1 is 1.13 bits per heavy atom. The van der Waals surface area contributed by atoms with E-state index in [0.717, 1.165) is 21.4 Å². The lowest BCUT2D eigenvalue weighted by Gasteiger charge is -2.17. The highest BCUT2D eigenvalue weighted by Crippen LogP contribution is 2.25. The lowest BCUT2D eigenvalue weighted by molar-refractivity contribution is -0.116. The lowest BCUT2D eigenvalue weighted by atomic mass is 10.0. The van der Waals surface area contributed by atoms with Gasteiger partial charge in [0.2, 0.25) is 5.91 Å². The Kier molecular flexibility index (Phi) is 6.79. The number of benzene rings is 1. The molecule has 0 unspecified atom stereocenters. The van der Waals surface area contributed by atoms with Gasteiger partial charge >= 0.3 is 5.69 Å². The maximum absolute atomic E-state index is 12.5. The van der Waals surface area contributed by atoms with Crippen molar-refractivity contribution in [1.82, 2.24) is 9.13 Å². The molecule has 3 rings (SSSR count). The molecule has 0 atom stereocenters. The maximum Gasteiger partial charge on any atom is 0.332 e. The Bertz CT molecular complexity index is 1140. The molecule has 1 aromatic heterocycles. The molecule has 0 aliphatic carbocycles.